The number of alkyl halides is 4. The van der Waals surface area contributed by atoms with Gasteiger partial charge in [-0.2, -0.15) is 0 Å². The van der Waals surface area contributed by atoms with E-state index in [2.05, 4.69) is 10.3 Å². The number of nitrogens with one attached hydrogen (secondary N) is 1. The van der Waals surface area contributed by atoms with Gasteiger partial charge in [0.1, 0.15) is 5.82 Å². The van der Waals surface area contributed by atoms with Crippen molar-refractivity contribution in [3.05, 3.63) is 68.7 Å². The molecule has 0 unspecified atom stereocenters. The number of amides is 1. The van der Waals surface area contributed by atoms with Crippen LogP contribution in [0.15, 0.2) is 41.2 Å². The Hall–Kier alpha value is -3.14. The second-order valence-electron chi connectivity index (χ2n) is 6.24. The standard InChI is InChI=1S/C19H14ClF4N3O3/c20-12-2-1-3-13-15(12)18(28)27(14(26-13)4-5-25-19(29)30)11-7-9(16(21)22)6-10(8-11)17(23)24/h1-3,6-8,16-17,25H,4-5H2,(H,29,30). The van der Waals surface area contributed by atoms with Gasteiger partial charge in [-0.3, -0.25) is 9.36 Å². The summed E-state index contributed by atoms with van der Waals surface area (Å²) in [6.07, 6.45) is -7.51. The zero-order chi connectivity index (χ0) is 22.0. The lowest BCUT2D eigenvalue weighted by atomic mass is 10.1. The maximum absolute atomic E-state index is 13.3. The molecule has 158 valence electrons. The van der Waals surface area contributed by atoms with Crippen molar-refractivity contribution in [1.29, 1.82) is 0 Å². The summed E-state index contributed by atoms with van der Waals surface area (Å²) < 4.78 is 54.0. The fourth-order valence-electron chi connectivity index (χ4n) is 2.99. The zero-order valence-corrected chi connectivity index (χ0v) is 15.8. The highest BCUT2D eigenvalue weighted by atomic mass is 35.5. The minimum absolute atomic E-state index is 0.00449. The monoisotopic (exact) mass is 443 g/mol. The maximum Gasteiger partial charge on any atom is 0.404 e. The van der Waals surface area contributed by atoms with Gasteiger partial charge >= 0.3 is 6.09 Å². The summed E-state index contributed by atoms with van der Waals surface area (Å²) in [6, 6.07) is 6.97. The molecule has 0 saturated carbocycles. The molecule has 0 radical (unpaired) electrons. The number of nitrogens with zero attached hydrogens (tertiary/aromatic N) is 2. The summed E-state index contributed by atoms with van der Waals surface area (Å²) in [5.41, 5.74) is -2.17. The van der Waals surface area contributed by atoms with Crippen LogP contribution in [0.4, 0.5) is 22.4 Å². The van der Waals surface area contributed by atoms with Gasteiger partial charge in [0.15, 0.2) is 0 Å². The zero-order valence-electron chi connectivity index (χ0n) is 15.1. The first-order chi connectivity index (χ1) is 14.2. The number of benzene rings is 2. The van der Waals surface area contributed by atoms with Crippen molar-refractivity contribution in [3.8, 4) is 5.69 Å². The van der Waals surface area contributed by atoms with Crippen LogP contribution in [0.2, 0.25) is 5.02 Å². The van der Waals surface area contributed by atoms with E-state index in [1.807, 2.05) is 0 Å². The van der Waals surface area contributed by atoms with Crippen molar-refractivity contribution >= 4 is 28.6 Å². The molecule has 6 nitrogen and oxygen atoms in total. The molecule has 0 aliphatic carbocycles. The maximum atomic E-state index is 13.3. The Balaban J connectivity index is 2.30. The third kappa shape index (κ3) is 4.38. The van der Waals surface area contributed by atoms with E-state index in [1.54, 1.807) is 6.07 Å². The van der Waals surface area contributed by atoms with Crippen LogP contribution in [0.3, 0.4) is 0 Å². The number of halogens is 5. The lowest BCUT2D eigenvalue weighted by molar-refractivity contribution is 0.144. The van der Waals surface area contributed by atoms with Crippen LogP contribution in [0.1, 0.15) is 29.8 Å². The molecule has 2 N–H and O–H groups in total. The summed E-state index contributed by atoms with van der Waals surface area (Å²) in [4.78, 5) is 28.2. The summed E-state index contributed by atoms with van der Waals surface area (Å²) >= 11 is 6.10. The van der Waals surface area contributed by atoms with Crippen LogP contribution in [-0.4, -0.2) is 27.3 Å². The van der Waals surface area contributed by atoms with Gasteiger partial charge in [-0.25, -0.2) is 27.3 Å². The molecule has 1 heterocycles. The van der Waals surface area contributed by atoms with Gasteiger partial charge < -0.3 is 10.4 Å². The van der Waals surface area contributed by atoms with Crippen molar-refractivity contribution in [2.45, 2.75) is 19.3 Å². The Labute approximate surface area is 171 Å². The highest BCUT2D eigenvalue weighted by molar-refractivity contribution is 6.35. The van der Waals surface area contributed by atoms with E-state index in [1.165, 1.54) is 12.1 Å². The molecule has 30 heavy (non-hydrogen) atoms. The van der Waals surface area contributed by atoms with Crippen LogP contribution in [0.5, 0.6) is 0 Å². The van der Waals surface area contributed by atoms with Gasteiger partial charge in [0, 0.05) is 24.1 Å². The van der Waals surface area contributed by atoms with Gasteiger partial charge in [-0.15, -0.1) is 0 Å². The summed E-state index contributed by atoms with van der Waals surface area (Å²) in [5, 5.41) is 10.9. The van der Waals surface area contributed by atoms with E-state index in [0.29, 0.717) is 6.07 Å². The van der Waals surface area contributed by atoms with Gasteiger partial charge in [0.2, 0.25) is 0 Å². The summed E-state index contributed by atoms with van der Waals surface area (Å²) in [7, 11) is 0. The predicted molar refractivity (Wildman–Crippen MR) is 102 cm³/mol. The minimum atomic E-state index is -3.05. The van der Waals surface area contributed by atoms with Crippen molar-refractivity contribution in [2.24, 2.45) is 0 Å². The van der Waals surface area contributed by atoms with E-state index in [0.717, 1.165) is 16.7 Å². The first kappa shape index (κ1) is 21.6. The highest BCUT2D eigenvalue weighted by Crippen LogP contribution is 2.29. The normalized spacial score (nSPS) is 11.4. The highest BCUT2D eigenvalue weighted by Gasteiger charge is 2.20. The summed E-state index contributed by atoms with van der Waals surface area (Å²) in [5.74, 6) is -0.00449. The fraction of sp³-hybridized carbons (Fsp3) is 0.211. The Morgan fingerprint density at radius 3 is 2.33 bits per heavy atom. The number of hydrogen-bond donors (Lipinski definition) is 2. The second-order valence-corrected chi connectivity index (χ2v) is 6.65. The third-order valence-corrected chi connectivity index (χ3v) is 4.58. The van der Waals surface area contributed by atoms with Crippen LogP contribution in [0, 0.1) is 0 Å². The van der Waals surface area contributed by atoms with Crippen LogP contribution in [-0.2, 0) is 6.42 Å². The van der Waals surface area contributed by atoms with E-state index < -0.39 is 35.6 Å². The average Bonchev–Trinajstić information content (AvgIpc) is 2.67. The molecular formula is C19H14ClF4N3O3. The Bertz CT molecular complexity index is 1140. The van der Waals surface area contributed by atoms with Gasteiger partial charge in [0.25, 0.3) is 18.4 Å². The minimum Gasteiger partial charge on any atom is -0.465 e. The number of carbonyl (C=O) groups is 1. The number of fused-ring (bicyclic) bond motifs is 1. The van der Waals surface area contributed by atoms with Crippen LogP contribution in [0.25, 0.3) is 16.6 Å². The fourth-order valence-corrected chi connectivity index (χ4v) is 3.24. The Morgan fingerprint density at radius 1 is 1.13 bits per heavy atom. The SMILES string of the molecule is O=C(O)NCCc1nc2cccc(Cl)c2c(=O)n1-c1cc(C(F)F)cc(C(F)F)c1. The van der Waals surface area contributed by atoms with E-state index in [-0.39, 0.29) is 40.4 Å². The van der Waals surface area contributed by atoms with Gasteiger partial charge in [0.05, 0.1) is 21.6 Å². The topological polar surface area (TPSA) is 84.2 Å². The first-order valence-electron chi connectivity index (χ1n) is 8.57. The van der Waals surface area contributed by atoms with Crippen LogP contribution >= 0.6 is 11.6 Å². The molecule has 11 heteroatoms. The molecule has 0 saturated heterocycles. The quantitative estimate of drug-likeness (QED) is 0.540. The number of rotatable bonds is 6. The molecule has 0 aliphatic rings. The van der Waals surface area contributed by atoms with Crippen LogP contribution < -0.4 is 10.9 Å². The molecule has 0 atom stereocenters. The van der Waals surface area contributed by atoms with Gasteiger partial charge in [-0.1, -0.05) is 17.7 Å². The van der Waals surface area contributed by atoms with Crippen molar-refractivity contribution in [3.63, 3.8) is 0 Å². The Morgan fingerprint density at radius 2 is 1.77 bits per heavy atom. The lowest BCUT2D eigenvalue weighted by Gasteiger charge is -2.16. The third-order valence-electron chi connectivity index (χ3n) is 4.27. The molecule has 3 aromatic rings. The molecule has 0 spiro atoms. The molecule has 0 bridgehead atoms. The molecule has 1 aromatic heterocycles. The largest absolute Gasteiger partial charge is 0.465 e. The Kier molecular flexibility index (Phi) is 6.25. The second kappa shape index (κ2) is 8.70. The molecule has 0 aliphatic heterocycles. The lowest BCUT2D eigenvalue weighted by Crippen LogP contribution is -2.29. The first-order valence-corrected chi connectivity index (χ1v) is 8.95. The predicted octanol–water partition coefficient (Wildman–Crippen LogP) is 4.72. The molecule has 1 amide bonds. The molecule has 0 fully saturated rings. The van der Waals surface area contributed by atoms with E-state index >= 15 is 0 Å². The van der Waals surface area contributed by atoms with Gasteiger partial charge in [-0.05, 0) is 30.3 Å². The molecule has 3 rings (SSSR count). The molecular weight excluding hydrogens is 430 g/mol. The average molecular weight is 444 g/mol. The smallest absolute Gasteiger partial charge is 0.404 e. The van der Waals surface area contributed by atoms with Crippen molar-refractivity contribution in [1.82, 2.24) is 14.9 Å². The number of aromatic nitrogens is 2. The number of carboxylic acid groups (broad SMARTS) is 1. The van der Waals surface area contributed by atoms with Crippen molar-refractivity contribution in [2.75, 3.05) is 6.54 Å². The van der Waals surface area contributed by atoms with Crippen molar-refractivity contribution < 1.29 is 27.5 Å². The van der Waals surface area contributed by atoms with E-state index in [4.69, 9.17) is 16.7 Å². The summed E-state index contributed by atoms with van der Waals surface area (Å²) in [6.45, 7) is -0.149. The molecule has 2 aromatic carbocycles. The van der Waals surface area contributed by atoms with E-state index in [9.17, 15) is 27.2 Å². The number of hydrogen-bond acceptors (Lipinski definition) is 3.